The monoisotopic (exact) mass is 444 g/mol. The van der Waals surface area contributed by atoms with E-state index in [-0.39, 0.29) is 24.1 Å². The summed E-state index contributed by atoms with van der Waals surface area (Å²) in [6, 6.07) is 15.5. The van der Waals surface area contributed by atoms with Crippen LogP contribution in [0.3, 0.4) is 0 Å². The maximum atomic E-state index is 13.3. The van der Waals surface area contributed by atoms with Crippen molar-refractivity contribution in [3.8, 4) is 0 Å². The first kappa shape index (κ1) is 21.2. The van der Waals surface area contributed by atoms with Crippen LogP contribution < -0.4 is 5.32 Å². The maximum absolute atomic E-state index is 13.3. The van der Waals surface area contributed by atoms with Crippen molar-refractivity contribution >= 4 is 34.3 Å². The second-order valence-electron chi connectivity index (χ2n) is 9.20. The molecule has 3 amide bonds. The molecule has 5 rings (SSSR count). The molecule has 170 valence electrons. The highest BCUT2D eigenvalue weighted by molar-refractivity contribution is 6.00. The molecule has 1 aromatic heterocycles. The minimum atomic E-state index is -0.624. The third-order valence-corrected chi connectivity index (χ3v) is 7.19. The van der Waals surface area contributed by atoms with Crippen molar-refractivity contribution < 1.29 is 14.4 Å². The lowest BCUT2D eigenvalue weighted by molar-refractivity contribution is -0.131. The molecule has 7 nitrogen and oxygen atoms in total. The van der Waals surface area contributed by atoms with E-state index < -0.39 is 5.54 Å². The van der Waals surface area contributed by atoms with Gasteiger partial charge in [-0.2, -0.15) is 0 Å². The van der Waals surface area contributed by atoms with Crippen LogP contribution in [0.25, 0.3) is 10.9 Å². The molecule has 3 heterocycles. The van der Waals surface area contributed by atoms with Gasteiger partial charge >= 0.3 is 0 Å². The number of amides is 3. The molecule has 0 unspecified atom stereocenters. The number of carbonyl (C=O) groups is 3. The highest BCUT2D eigenvalue weighted by atomic mass is 16.2. The molecule has 1 fully saturated rings. The van der Waals surface area contributed by atoms with Crippen molar-refractivity contribution in [3.05, 3.63) is 65.9 Å². The fourth-order valence-corrected chi connectivity index (χ4v) is 5.26. The van der Waals surface area contributed by atoms with Gasteiger partial charge in [0.05, 0.1) is 12.0 Å². The quantitative estimate of drug-likeness (QED) is 0.669. The number of fused-ring (bicyclic) bond motifs is 2. The predicted octanol–water partition coefficient (Wildman–Crippen LogP) is 3.54. The smallest absolute Gasteiger partial charge is 0.254 e. The summed E-state index contributed by atoms with van der Waals surface area (Å²) in [5.74, 6) is -0.122. The van der Waals surface area contributed by atoms with Gasteiger partial charge in [-0.3, -0.25) is 14.4 Å². The van der Waals surface area contributed by atoms with Crippen LogP contribution in [0.5, 0.6) is 0 Å². The van der Waals surface area contributed by atoms with Gasteiger partial charge in [0.2, 0.25) is 11.8 Å². The molecule has 0 bridgehead atoms. The Labute approximate surface area is 193 Å². The van der Waals surface area contributed by atoms with Crippen molar-refractivity contribution in [2.24, 2.45) is 7.05 Å². The minimum Gasteiger partial charge on any atom is -0.350 e. The standard InChI is InChI=1S/C26H28N4O3/c1-18(31)29-13-10-26(11-14-29,30-17-20-5-3-4-6-22(20)25(30)33)16-24(32)27-21-8-7-19-9-12-28(2)23(19)15-21/h3-9,12,15H,10-11,13-14,16-17H2,1-2H3,(H,27,32). The average Bonchev–Trinajstić information content (AvgIpc) is 3.34. The third kappa shape index (κ3) is 3.77. The summed E-state index contributed by atoms with van der Waals surface area (Å²) in [4.78, 5) is 42.2. The lowest BCUT2D eigenvalue weighted by atomic mass is 9.82. The fraction of sp³-hybridized carbons (Fsp3) is 0.346. The molecule has 0 spiro atoms. The number of nitrogens with one attached hydrogen (secondary N) is 1. The van der Waals surface area contributed by atoms with Gasteiger partial charge in [-0.25, -0.2) is 0 Å². The van der Waals surface area contributed by atoms with Gasteiger partial charge in [0, 0.05) is 56.6 Å². The van der Waals surface area contributed by atoms with E-state index >= 15 is 0 Å². The zero-order valence-electron chi connectivity index (χ0n) is 19.0. The number of hydrogen-bond donors (Lipinski definition) is 1. The Morgan fingerprint density at radius 1 is 1.06 bits per heavy atom. The normalized spacial score (nSPS) is 17.3. The number of nitrogens with zero attached hydrogens (tertiary/aromatic N) is 3. The summed E-state index contributed by atoms with van der Waals surface area (Å²) in [6.07, 6.45) is 3.35. The molecular formula is C26H28N4O3. The minimum absolute atomic E-state index is 0.0277. The Morgan fingerprint density at radius 2 is 1.82 bits per heavy atom. The van der Waals surface area contributed by atoms with Crippen LogP contribution in [0.1, 0.15) is 42.1 Å². The van der Waals surface area contributed by atoms with E-state index in [0.717, 1.165) is 22.2 Å². The molecule has 1 saturated heterocycles. The predicted molar refractivity (Wildman–Crippen MR) is 127 cm³/mol. The Kier molecular flexibility index (Phi) is 5.19. The zero-order chi connectivity index (χ0) is 23.2. The largest absolute Gasteiger partial charge is 0.350 e. The lowest BCUT2D eigenvalue weighted by Crippen LogP contribution is -2.57. The maximum Gasteiger partial charge on any atom is 0.254 e. The average molecular weight is 445 g/mol. The van der Waals surface area contributed by atoms with Crippen LogP contribution in [-0.4, -0.2) is 50.7 Å². The first-order valence-electron chi connectivity index (χ1n) is 11.4. The van der Waals surface area contributed by atoms with E-state index in [1.807, 2.05) is 71.2 Å². The Bertz CT molecular complexity index is 1250. The van der Waals surface area contributed by atoms with Crippen LogP contribution in [-0.2, 0) is 23.2 Å². The zero-order valence-corrected chi connectivity index (χ0v) is 19.0. The number of likely N-dealkylation sites (tertiary alicyclic amines) is 1. The van der Waals surface area contributed by atoms with Gasteiger partial charge in [-0.05, 0) is 48.1 Å². The molecule has 0 radical (unpaired) electrons. The van der Waals surface area contributed by atoms with E-state index in [1.54, 1.807) is 11.8 Å². The summed E-state index contributed by atoms with van der Waals surface area (Å²) in [7, 11) is 1.97. The van der Waals surface area contributed by atoms with E-state index in [1.165, 1.54) is 0 Å². The second-order valence-corrected chi connectivity index (χ2v) is 9.20. The molecule has 0 atom stereocenters. The van der Waals surface area contributed by atoms with Crippen LogP contribution in [0.4, 0.5) is 5.69 Å². The van der Waals surface area contributed by atoms with Gasteiger partial charge in [0.1, 0.15) is 0 Å². The molecule has 0 aliphatic carbocycles. The summed E-state index contributed by atoms with van der Waals surface area (Å²) < 4.78 is 2.02. The van der Waals surface area contributed by atoms with Crippen LogP contribution in [0.2, 0.25) is 0 Å². The summed E-state index contributed by atoms with van der Waals surface area (Å²) in [6.45, 7) is 3.14. The van der Waals surface area contributed by atoms with E-state index in [9.17, 15) is 14.4 Å². The van der Waals surface area contributed by atoms with E-state index in [2.05, 4.69) is 5.32 Å². The molecular weight excluding hydrogens is 416 g/mol. The number of hydrogen-bond acceptors (Lipinski definition) is 3. The number of rotatable bonds is 4. The Morgan fingerprint density at radius 3 is 2.55 bits per heavy atom. The SMILES string of the molecule is CC(=O)N1CCC(CC(=O)Nc2ccc3ccn(C)c3c2)(N2Cc3ccccc3C2=O)CC1. The number of carbonyl (C=O) groups excluding carboxylic acids is 3. The first-order chi connectivity index (χ1) is 15.9. The number of piperidine rings is 1. The summed E-state index contributed by atoms with van der Waals surface area (Å²) >= 11 is 0. The number of aryl methyl sites for hydroxylation is 1. The van der Waals surface area contributed by atoms with Crippen molar-refractivity contribution in [1.29, 1.82) is 0 Å². The Balaban J connectivity index is 1.40. The van der Waals surface area contributed by atoms with Crippen molar-refractivity contribution in [1.82, 2.24) is 14.4 Å². The van der Waals surface area contributed by atoms with E-state index in [4.69, 9.17) is 0 Å². The molecule has 2 aliphatic heterocycles. The van der Waals surface area contributed by atoms with Gasteiger partial charge in [-0.1, -0.05) is 24.3 Å². The second kappa shape index (κ2) is 8.06. The highest BCUT2D eigenvalue weighted by Gasteiger charge is 2.47. The van der Waals surface area contributed by atoms with Crippen molar-refractivity contribution in [2.45, 2.75) is 38.3 Å². The summed E-state index contributed by atoms with van der Waals surface area (Å²) in [5.41, 5.74) is 2.86. The Hall–Kier alpha value is -3.61. The van der Waals surface area contributed by atoms with Gasteiger partial charge in [0.25, 0.3) is 5.91 Å². The van der Waals surface area contributed by atoms with Crippen LogP contribution in [0.15, 0.2) is 54.7 Å². The summed E-state index contributed by atoms with van der Waals surface area (Å²) in [5, 5.41) is 4.16. The van der Waals surface area contributed by atoms with Crippen LogP contribution >= 0.6 is 0 Å². The van der Waals surface area contributed by atoms with Crippen molar-refractivity contribution in [3.63, 3.8) is 0 Å². The van der Waals surface area contributed by atoms with Gasteiger partial charge in [0.15, 0.2) is 0 Å². The fourth-order valence-electron chi connectivity index (χ4n) is 5.26. The first-order valence-corrected chi connectivity index (χ1v) is 11.4. The topological polar surface area (TPSA) is 74.7 Å². The van der Waals surface area contributed by atoms with Gasteiger partial charge in [-0.15, -0.1) is 0 Å². The molecule has 2 aromatic carbocycles. The number of aromatic nitrogens is 1. The van der Waals surface area contributed by atoms with E-state index in [0.29, 0.717) is 38.0 Å². The van der Waals surface area contributed by atoms with Crippen molar-refractivity contribution in [2.75, 3.05) is 18.4 Å². The number of anilines is 1. The molecule has 0 saturated carbocycles. The highest BCUT2D eigenvalue weighted by Crippen LogP contribution is 2.39. The van der Waals surface area contributed by atoms with Crippen LogP contribution in [0, 0.1) is 0 Å². The molecule has 3 aromatic rings. The van der Waals surface area contributed by atoms with Gasteiger partial charge < -0.3 is 19.7 Å². The number of benzene rings is 2. The molecule has 7 heteroatoms. The molecule has 1 N–H and O–H groups in total. The lowest BCUT2D eigenvalue weighted by Gasteiger charge is -2.47. The molecule has 33 heavy (non-hydrogen) atoms. The third-order valence-electron chi connectivity index (χ3n) is 7.19. The molecule has 2 aliphatic rings.